The molecule has 7 heteroatoms. The number of benzene rings is 1. The number of carbonyl (C=O) groups is 1. The smallest absolute Gasteiger partial charge is 0.349 e. The molecule has 0 aliphatic carbocycles. The van der Waals surface area contributed by atoms with E-state index in [1.54, 1.807) is 13.8 Å². The van der Waals surface area contributed by atoms with Crippen LogP contribution in [0.4, 0.5) is 0 Å². The minimum absolute atomic E-state index is 0.0796. The molecular weight excluding hydrogens is 358 g/mol. The number of halogens is 4. The fourth-order valence-electron chi connectivity index (χ4n) is 1.43. The molecule has 1 rings (SSSR count). The molecule has 0 bridgehead atoms. The summed E-state index contributed by atoms with van der Waals surface area (Å²) < 4.78 is 10.8. The van der Waals surface area contributed by atoms with Gasteiger partial charge in [0.05, 0.1) is 21.7 Å². The van der Waals surface area contributed by atoms with E-state index in [0.29, 0.717) is 6.61 Å². The van der Waals surface area contributed by atoms with Gasteiger partial charge in [-0.15, -0.1) is 0 Å². The Bertz CT molecular complexity index is 529. The SMILES string of the molecule is CCCCOC(=O)C(C)(C)Oc1cc(Cl)c(Cl)c(Cl)c1Cl. The molecule has 3 nitrogen and oxygen atoms in total. The Labute approximate surface area is 144 Å². The molecule has 0 aliphatic rings. The Balaban J connectivity index is 2.91. The quantitative estimate of drug-likeness (QED) is 0.273. The van der Waals surface area contributed by atoms with Crippen LogP contribution in [0.1, 0.15) is 33.6 Å². The normalized spacial score (nSPS) is 11.4. The second kappa shape index (κ2) is 7.77. The largest absolute Gasteiger partial charge is 0.474 e. The zero-order valence-electron chi connectivity index (χ0n) is 11.9. The molecule has 118 valence electrons. The average Bonchev–Trinajstić information content (AvgIpc) is 2.42. The van der Waals surface area contributed by atoms with Crippen LogP contribution in [-0.4, -0.2) is 18.2 Å². The third-order valence-corrected chi connectivity index (χ3v) is 4.39. The topological polar surface area (TPSA) is 35.5 Å². The standard InChI is InChI=1S/C14H16Cl4O3/c1-4-5-6-20-13(19)14(2,3)21-9-7-8(15)10(16)12(18)11(9)17/h7H,4-6H2,1-3H3. The highest BCUT2D eigenvalue weighted by Crippen LogP contribution is 2.43. The Morgan fingerprint density at radius 3 is 2.33 bits per heavy atom. The van der Waals surface area contributed by atoms with Crippen LogP contribution < -0.4 is 4.74 Å². The van der Waals surface area contributed by atoms with Gasteiger partial charge in [0.25, 0.3) is 0 Å². The van der Waals surface area contributed by atoms with Crippen LogP contribution in [-0.2, 0) is 9.53 Å². The van der Waals surface area contributed by atoms with Crippen LogP contribution in [0.15, 0.2) is 6.07 Å². The maximum Gasteiger partial charge on any atom is 0.349 e. The fraction of sp³-hybridized carbons (Fsp3) is 0.500. The number of esters is 1. The van der Waals surface area contributed by atoms with Gasteiger partial charge in [0.1, 0.15) is 10.8 Å². The van der Waals surface area contributed by atoms with Crippen molar-refractivity contribution in [3.8, 4) is 5.75 Å². The van der Waals surface area contributed by atoms with Gasteiger partial charge in [0.2, 0.25) is 0 Å². The van der Waals surface area contributed by atoms with Crippen molar-refractivity contribution in [1.82, 2.24) is 0 Å². The zero-order chi connectivity index (χ0) is 16.2. The van der Waals surface area contributed by atoms with Gasteiger partial charge in [-0.3, -0.25) is 0 Å². The maximum atomic E-state index is 12.0. The molecule has 0 N–H and O–H groups in total. The first-order chi connectivity index (χ1) is 9.70. The lowest BCUT2D eigenvalue weighted by atomic mass is 10.1. The number of unbranched alkanes of at least 4 members (excludes halogenated alkanes) is 1. The van der Waals surface area contributed by atoms with E-state index in [1.807, 2.05) is 6.92 Å². The Morgan fingerprint density at radius 1 is 1.14 bits per heavy atom. The molecule has 1 aromatic carbocycles. The summed E-state index contributed by atoms with van der Waals surface area (Å²) in [5.74, 6) is -0.317. The second-order valence-corrected chi connectivity index (χ2v) is 6.44. The van der Waals surface area contributed by atoms with E-state index in [2.05, 4.69) is 0 Å². The van der Waals surface area contributed by atoms with Gasteiger partial charge in [-0.05, 0) is 20.3 Å². The number of hydrogen-bond acceptors (Lipinski definition) is 3. The maximum absolute atomic E-state index is 12.0. The first kappa shape index (κ1) is 18.7. The average molecular weight is 374 g/mol. The highest BCUT2D eigenvalue weighted by atomic mass is 35.5. The molecule has 0 spiro atoms. The van der Waals surface area contributed by atoms with Crippen molar-refractivity contribution >= 4 is 52.4 Å². The van der Waals surface area contributed by atoms with Crippen LogP contribution in [0.3, 0.4) is 0 Å². The molecule has 0 unspecified atom stereocenters. The molecule has 0 aromatic heterocycles. The molecule has 0 aliphatic heterocycles. The molecule has 0 fully saturated rings. The summed E-state index contributed by atoms with van der Waals surface area (Å²) in [6.45, 7) is 5.51. The Morgan fingerprint density at radius 2 is 1.76 bits per heavy atom. The van der Waals surface area contributed by atoms with Gasteiger partial charge in [-0.25, -0.2) is 4.79 Å². The van der Waals surface area contributed by atoms with Gasteiger partial charge in [-0.1, -0.05) is 59.7 Å². The van der Waals surface area contributed by atoms with Crippen molar-refractivity contribution < 1.29 is 14.3 Å². The molecule has 0 heterocycles. The van der Waals surface area contributed by atoms with Gasteiger partial charge in [0, 0.05) is 6.07 Å². The van der Waals surface area contributed by atoms with E-state index in [9.17, 15) is 4.79 Å². The minimum atomic E-state index is -1.22. The lowest BCUT2D eigenvalue weighted by Crippen LogP contribution is -2.40. The van der Waals surface area contributed by atoms with Crippen LogP contribution in [0.2, 0.25) is 20.1 Å². The van der Waals surface area contributed by atoms with Gasteiger partial charge >= 0.3 is 5.97 Å². The predicted molar refractivity (Wildman–Crippen MR) is 87.1 cm³/mol. The van der Waals surface area contributed by atoms with Gasteiger partial charge < -0.3 is 9.47 Å². The minimum Gasteiger partial charge on any atom is -0.474 e. The van der Waals surface area contributed by atoms with Crippen LogP contribution in [0.25, 0.3) is 0 Å². The molecule has 0 atom stereocenters. The van der Waals surface area contributed by atoms with E-state index >= 15 is 0 Å². The lowest BCUT2D eigenvalue weighted by molar-refractivity contribution is -0.159. The summed E-state index contributed by atoms with van der Waals surface area (Å²) in [6, 6.07) is 1.42. The lowest BCUT2D eigenvalue weighted by Gasteiger charge is -2.25. The highest BCUT2D eigenvalue weighted by Gasteiger charge is 2.33. The number of ether oxygens (including phenoxy) is 2. The van der Waals surface area contributed by atoms with Crippen molar-refractivity contribution in [1.29, 1.82) is 0 Å². The summed E-state index contributed by atoms with van der Waals surface area (Å²) >= 11 is 23.8. The van der Waals surface area contributed by atoms with Crippen LogP contribution in [0.5, 0.6) is 5.75 Å². The van der Waals surface area contributed by atoms with E-state index in [-0.39, 0.29) is 25.8 Å². The first-order valence-electron chi connectivity index (χ1n) is 6.40. The second-order valence-electron chi connectivity index (χ2n) is 4.90. The number of carbonyl (C=O) groups excluding carboxylic acids is 1. The zero-order valence-corrected chi connectivity index (χ0v) is 15.0. The van der Waals surface area contributed by atoms with Crippen molar-refractivity contribution in [2.75, 3.05) is 6.61 Å². The van der Waals surface area contributed by atoms with Crippen molar-refractivity contribution in [2.24, 2.45) is 0 Å². The molecule has 0 radical (unpaired) electrons. The summed E-state index contributed by atoms with van der Waals surface area (Å²) in [5.41, 5.74) is -1.22. The summed E-state index contributed by atoms with van der Waals surface area (Å²) in [7, 11) is 0. The van der Waals surface area contributed by atoms with E-state index < -0.39 is 11.6 Å². The monoisotopic (exact) mass is 372 g/mol. The van der Waals surface area contributed by atoms with E-state index in [0.717, 1.165) is 12.8 Å². The molecular formula is C14H16Cl4O3. The van der Waals surface area contributed by atoms with Crippen LogP contribution >= 0.6 is 46.4 Å². The van der Waals surface area contributed by atoms with Crippen molar-refractivity contribution in [3.05, 3.63) is 26.2 Å². The summed E-state index contributed by atoms with van der Waals surface area (Å²) in [6.07, 6.45) is 1.73. The Kier molecular flexibility index (Phi) is 6.92. The summed E-state index contributed by atoms with van der Waals surface area (Å²) in [4.78, 5) is 12.0. The molecule has 1 aromatic rings. The fourth-order valence-corrected chi connectivity index (χ4v) is 2.25. The van der Waals surface area contributed by atoms with E-state index in [4.69, 9.17) is 55.9 Å². The van der Waals surface area contributed by atoms with Gasteiger partial charge in [0.15, 0.2) is 5.60 Å². The highest BCUT2D eigenvalue weighted by molar-refractivity contribution is 6.52. The van der Waals surface area contributed by atoms with Crippen molar-refractivity contribution in [3.63, 3.8) is 0 Å². The molecule has 0 saturated carbocycles. The number of hydrogen-bond donors (Lipinski definition) is 0. The molecule has 21 heavy (non-hydrogen) atoms. The third-order valence-electron chi connectivity index (χ3n) is 2.66. The summed E-state index contributed by atoms with van der Waals surface area (Å²) in [5, 5.41) is 0.506. The Hall–Kier alpha value is -0.350. The van der Waals surface area contributed by atoms with Crippen LogP contribution in [0, 0.1) is 0 Å². The molecule has 0 saturated heterocycles. The predicted octanol–water partition coefficient (Wildman–Crippen LogP) is 5.80. The number of rotatable bonds is 6. The third kappa shape index (κ3) is 4.82. The van der Waals surface area contributed by atoms with Gasteiger partial charge in [-0.2, -0.15) is 0 Å². The first-order valence-corrected chi connectivity index (χ1v) is 7.91. The molecule has 0 amide bonds. The van der Waals surface area contributed by atoms with Crippen molar-refractivity contribution in [2.45, 2.75) is 39.2 Å². The van der Waals surface area contributed by atoms with E-state index in [1.165, 1.54) is 6.07 Å².